The summed E-state index contributed by atoms with van der Waals surface area (Å²) < 4.78 is 10.2. The van der Waals surface area contributed by atoms with Crippen LogP contribution in [-0.4, -0.2) is 48.2 Å². The van der Waals surface area contributed by atoms with Crippen molar-refractivity contribution in [2.75, 3.05) is 12.9 Å². The van der Waals surface area contributed by atoms with Crippen LogP contribution in [0.5, 0.6) is 5.75 Å². The zero-order chi connectivity index (χ0) is 27.7. The summed E-state index contributed by atoms with van der Waals surface area (Å²) in [6.07, 6.45) is 13.8. The quantitative estimate of drug-likeness (QED) is 0.289. The van der Waals surface area contributed by atoms with Gasteiger partial charge in [0.05, 0.1) is 7.11 Å². The molecule has 0 saturated heterocycles. The molecule has 0 radical (unpaired) electrons. The lowest BCUT2D eigenvalue weighted by Crippen LogP contribution is -2.42. The van der Waals surface area contributed by atoms with Gasteiger partial charge in [-0.25, -0.2) is 9.59 Å². The third-order valence-corrected chi connectivity index (χ3v) is 8.30. The Hall–Kier alpha value is -2.71. The van der Waals surface area contributed by atoms with Crippen LogP contribution in [0, 0.1) is 0 Å². The van der Waals surface area contributed by atoms with Gasteiger partial charge in [-0.2, -0.15) is 11.8 Å². The van der Waals surface area contributed by atoms with Crippen LogP contribution in [0.25, 0.3) is 0 Å². The van der Waals surface area contributed by atoms with Crippen molar-refractivity contribution in [3.05, 3.63) is 65.7 Å². The first-order valence-electron chi connectivity index (χ1n) is 14.2. The fraction of sp³-hybridized carbons (Fsp3) is 0.548. The first kappa shape index (κ1) is 30.8. The fourth-order valence-electron chi connectivity index (χ4n) is 4.97. The van der Waals surface area contributed by atoms with Crippen LogP contribution in [0.15, 0.2) is 54.6 Å². The van der Waals surface area contributed by atoms with Gasteiger partial charge in [-0.3, -0.25) is 0 Å². The molecule has 2 saturated carbocycles. The number of methoxy groups -OCH3 is 1. The van der Waals surface area contributed by atoms with Crippen LogP contribution < -0.4 is 15.4 Å². The Kier molecular flexibility index (Phi) is 14.1. The molecule has 0 aliphatic heterocycles. The molecular weight excluding hydrogens is 512 g/mol. The van der Waals surface area contributed by atoms with Crippen molar-refractivity contribution in [1.82, 2.24) is 10.6 Å². The molecule has 8 heteroatoms. The lowest BCUT2D eigenvalue weighted by atomic mass is 9.91. The number of aliphatic carboxylic acids is 1. The maximum absolute atomic E-state index is 11.8. The SMILES string of the molecule is C1CCC(NC2CCCCC2)CC1.COc1ccc(CSC[C@H](NC(=O)OCc2ccccc2)C(=O)O)cc1. The maximum atomic E-state index is 11.8. The molecule has 0 aromatic heterocycles. The van der Waals surface area contributed by atoms with Crippen molar-refractivity contribution < 1.29 is 24.2 Å². The largest absolute Gasteiger partial charge is 0.497 e. The fourth-order valence-corrected chi connectivity index (χ4v) is 5.98. The van der Waals surface area contributed by atoms with Crippen LogP contribution in [0.3, 0.4) is 0 Å². The van der Waals surface area contributed by atoms with Gasteiger partial charge in [0.1, 0.15) is 18.4 Å². The highest BCUT2D eigenvalue weighted by Crippen LogP contribution is 2.22. The average Bonchev–Trinajstić information content (AvgIpc) is 2.98. The van der Waals surface area contributed by atoms with Crippen molar-refractivity contribution in [2.45, 2.75) is 94.7 Å². The van der Waals surface area contributed by atoms with E-state index in [4.69, 9.17) is 9.47 Å². The van der Waals surface area contributed by atoms with Gasteiger partial charge in [0.2, 0.25) is 0 Å². The minimum atomic E-state index is -1.09. The third-order valence-electron chi connectivity index (χ3n) is 7.20. The van der Waals surface area contributed by atoms with Crippen molar-refractivity contribution >= 4 is 23.8 Å². The number of nitrogens with one attached hydrogen (secondary N) is 2. The number of carboxylic acid groups (broad SMARTS) is 1. The molecule has 214 valence electrons. The first-order valence-corrected chi connectivity index (χ1v) is 15.4. The monoisotopic (exact) mass is 556 g/mol. The molecular formula is C31H44N2O5S. The summed E-state index contributed by atoms with van der Waals surface area (Å²) in [6.45, 7) is 0.0952. The molecule has 2 aliphatic carbocycles. The summed E-state index contributed by atoms with van der Waals surface area (Å²) in [5.74, 6) is 0.546. The van der Waals surface area contributed by atoms with Gasteiger partial charge in [0.25, 0.3) is 0 Å². The molecule has 7 nitrogen and oxygen atoms in total. The molecule has 0 bridgehead atoms. The molecule has 3 N–H and O–H groups in total. The number of benzene rings is 2. The summed E-state index contributed by atoms with van der Waals surface area (Å²) in [6, 6.07) is 17.5. The van der Waals surface area contributed by atoms with E-state index in [9.17, 15) is 14.7 Å². The van der Waals surface area contributed by atoms with Crippen molar-refractivity contribution in [3.63, 3.8) is 0 Å². The van der Waals surface area contributed by atoms with Crippen molar-refractivity contribution in [3.8, 4) is 5.75 Å². The average molecular weight is 557 g/mol. The normalized spacial score (nSPS) is 16.8. The Labute approximate surface area is 237 Å². The van der Waals surface area contributed by atoms with Crippen LogP contribution in [0.4, 0.5) is 4.79 Å². The Morgan fingerprint density at radius 2 is 1.46 bits per heavy atom. The molecule has 4 rings (SSSR count). The molecule has 0 spiro atoms. The van der Waals surface area contributed by atoms with Gasteiger partial charge < -0.3 is 25.2 Å². The smallest absolute Gasteiger partial charge is 0.408 e. The number of hydrogen-bond donors (Lipinski definition) is 3. The first-order chi connectivity index (χ1) is 19.0. The molecule has 2 aromatic rings. The van der Waals surface area contributed by atoms with E-state index in [1.54, 1.807) is 7.11 Å². The number of carbonyl (C=O) groups is 2. The summed E-state index contributed by atoms with van der Waals surface area (Å²) in [7, 11) is 1.60. The minimum absolute atomic E-state index is 0.0952. The van der Waals surface area contributed by atoms with Crippen molar-refractivity contribution in [1.29, 1.82) is 0 Å². The topological polar surface area (TPSA) is 96.9 Å². The summed E-state index contributed by atoms with van der Waals surface area (Å²) in [5, 5.41) is 15.5. The molecule has 1 amide bonds. The van der Waals surface area contributed by atoms with E-state index in [1.807, 2.05) is 54.6 Å². The van der Waals surface area contributed by atoms with E-state index in [-0.39, 0.29) is 12.4 Å². The Balaban J connectivity index is 0.000000268. The second kappa shape index (κ2) is 17.8. The van der Waals surface area contributed by atoms with Gasteiger partial charge in [0, 0.05) is 23.6 Å². The van der Waals surface area contributed by atoms with Crippen molar-refractivity contribution in [2.24, 2.45) is 0 Å². The highest BCUT2D eigenvalue weighted by molar-refractivity contribution is 7.98. The maximum Gasteiger partial charge on any atom is 0.408 e. The van der Waals surface area contributed by atoms with Gasteiger partial charge >= 0.3 is 12.1 Å². The molecule has 2 aromatic carbocycles. The second-order valence-corrected chi connectivity index (χ2v) is 11.3. The van der Waals surface area contributed by atoms with E-state index in [1.165, 1.54) is 76.0 Å². The zero-order valence-electron chi connectivity index (χ0n) is 23.1. The number of thioether (sulfide) groups is 1. The number of amides is 1. The Bertz CT molecular complexity index is 945. The highest BCUT2D eigenvalue weighted by atomic mass is 32.2. The van der Waals surface area contributed by atoms with Crippen LogP contribution >= 0.6 is 11.8 Å². The van der Waals surface area contributed by atoms with Gasteiger partial charge in [-0.05, 0) is 48.9 Å². The minimum Gasteiger partial charge on any atom is -0.497 e. The van der Waals surface area contributed by atoms with Crippen LogP contribution in [0.1, 0.15) is 75.3 Å². The summed E-state index contributed by atoms with van der Waals surface area (Å²) in [5.41, 5.74) is 1.88. The van der Waals surface area contributed by atoms with Crippen LogP contribution in [0.2, 0.25) is 0 Å². The molecule has 39 heavy (non-hydrogen) atoms. The number of alkyl carbamates (subject to hydrolysis) is 1. The third kappa shape index (κ3) is 12.3. The van der Waals surface area contributed by atoms with Gasteiger partial charge in [-0.15, -0.1) is 0 Å². The lowest BCUT2D eigenvalue weighted by molar-refractivity contribution is -0.138. The molecule has 2 fully saturated rings. The van der Waals surface area contributed by atoms with E-state index in [0.717, 1.165) is 29.0 Å². The van der Waals surface area contributed by atoms with E-state index >= 15 is 0 Å². The molecule has 0 unspecified atom stereocenters. The second-order valence-electron chi connectivity index (χ2n) is 10.3. The standard InChI is InChI=1S/C19H21NO5S.C12H23N/c1-24-16-9-7-15(8-10-16)12-26-13-17(18(21)22)20-19(23)25-11-14-5-3-2-4-6-14;1-3-7-11(8-4-1)13-12-9-5-2-6-10-12/h2-10,17H,11-13H2,1H3,(H,20,23)(H,21,22);11-13H,1-10H2/t17-;/m0./s1. The predicted octanol–water partition coefficient (Wildman–Crippen LogP) is 6.55. The predicted molar refractivity (Wildman–Crippen MR) is 157 cm³/mol. The summed E-state index contributed by atoms with van der Waals surface area (Å²) in [4.78, 5) is 23.2. The van der Waals surface area contributed by atoms with E-state index in [0.29, 0.717) is 5.75 Å². The number of rotatable bonds is 11. The number of ether oxygens (including phenoxy) is 2. The van der Waals surface area contributed by atoms with Gasteiger partial charge in [-0.1, -0.05) is 81.0 Å². The number of carbonyl (C=O) groups excluding carboxylic acids is 1. The number of carboxylic acids is 1. The Morgan fingerprint density at radius 3 is 2.00 bits per heavy atom. The zero-order valence-corrected chi connectivity index (χ0v) is 23.9. The summed E-state index contributed by atoms with van der Waals surface area (Å²) >= 11 is 1.42. The number of hydrogen-bond acceptors (Lipinski definition) is 6. The Morgan fingerprint density at radius 1 is 0.872 bits per heavy atom. The van der Waals surface area contributed by atoms with Crippen LogP contribution in [-0.2, 0) is 21.9 Å². The molecule has 0 heterocycles. The van der Waals surface area contributed by atoms with E-state index in [2.05, 4.69) is 10.6 Å². The van der Waals surface area contributed by atoms with E-state index < -0.39 is 18.1 Å². The highest BCUT2D eigenvalue weighted by Gasteiger charge is 2.21. The lowest BCUT2D eigenvalue weighted by Gasteiger charge is -2.30. The van der Waals surface area contributed by atoms with Gasteiger partial charge in [0.15, 0.2) is 0 Å². The molecule has 1 atom stereocenters. The molecule has 2 aliphatic rings.